The van der Waals surface area contributed by atoms with Gasteiger partial charge in [0, 0.05) is 44.5 Å². The molecule has 0 aromatic heterocycles. The number of benzene rings is 2. The van der Waals surface area contributed by atoms with Crippen LogP contribution in [0.1, 0.15) is 24.0 Å². The number of urea groups is 2. The second kappa shape index (κ2) is 9.29. The first kappa shape index (κ1) is 21.0. The highest BCUT2D eigenvalue weighted by Crippen LogP contribution is 2.24. The van der Waals surface area contributed by atoms with Crippen molar-refractivity contribution in [3.05, 3.63) is 59.7 Å². The Labute approximate surface area is 183 Å². The summed E-state index contributed by atoms with van der Waals surface area (Å²) in [4.78, 5) is 31.3. The third-order valence-electron chi connectivity index (χ3n) is 6.12. The van der Waals surface area contributed by atoms with Gasteiger partial charge in [0.05, 0.1) is 7.11 Å². The maximum absolute atomic E-state index is 13.0. The number of ether oxygens (including phenoxy) is 1. The second-order valence-corrected chi connectivity index (χ2v) is 8.26. The SMILES string of the molecule is COc1ccc(NC(=O)N2CCC(N3CCN(Cc4cccc(C)c4)C3=O)CC2)cc1. The monoisotopic (exact) mass is 422 g/mol. The number of rotatable bonds is 5. The maximum Gasteiger partial charge on any atom is 0.321 e. The lowest BCUT2D eigenvalue weighted by Gasteiger charge is -2.36. The van der Waals surface area contributed by atoms with Gasteiger partial charge in [-0.2, -0.15) is 0 Å². The summed E-state index contributed by atoms with van der Waals surface area (Å²) in [6, 6.07) is 15.8. The fourth-order valence-electron chi connectivity index (χ4n) is 4.38. The first-order valence-corrected chi connectivity index (χ1v) is 10.8. The van der Waals surface area contributed by atoms with Crippen LogP contribution in [0.2, 0.25) is 0 Å². The van der Waals surface area contributed by atoms with Gasteiger partial charge >= 0.3 is 12.1 Å². The van der Waals surface area contributed by atoms with Gasteiger partial charge < -0.3 is 24.8 Å². The van der Waals surface area contributed by atoms with Crippen LogP contribution in [0.4, 0.5) is 15.3 Å². The van der Waals surface area contributed by atoms with Crippen LogP contribution in [0.25, 0.3) is 0 Å². The Bertz CT molecular complexity index is 923. The molecule has 2 heterocycles. The van der Waals surface area contributed by atoms with Gasteiger partial charge in [0.15, 0.2) is 0 Å². The molecule has 0 atom stereocenters. The molecule has 31 heavy (non-hydrogen) atoms. The third kappa shape index (κ3) is 4.93. The number of methoxy groups -OCH3 is 1. The van der Waals surface area contributed by atoms with E-state index < -0.39 is 0 Å². The molecule has 7 heteroatoms. The van der Waals surface area contributed by atoms with Crippen molar-refractivity contribution < 1.29 is 14.3 Å². The molecule has 0 radical (unpaired) electrons. The van der Waals surface area contributed by atoms with E-state index in [1.54, 1.807) is 7.11 Å². The number of aryl methyl sites for hydroxylation is 1. The lowest BCUT2D eigenvalue weighted by molar-refractivity contribution is 0.139. The van der Waals surface area contributed by atoms with Crippen LogP contribution in [-0.2, 0) is 6.54 Å². The van der Waals surface area contributed by atoms with Crippen molar-refractivity contribution >= 4 is 17.7 Å². The minimum atomic E-state index is -0.0996. The Morgan fingerprint density at radius 1 is 1.06 bits per heavy atom. The molecule has 2 saturated heterocycles. The molecule has 0 aliphatic carbocycles. The first-order valence-electron chi connectivity index (χ1n) is 10.8. The number of nitrogens with one attached hydrogen (secondary N) is 1. The average Bonchev–Trinajstić information content (AvgIpc) is 3.14. The molecule has 0 unspecified atom stereocenters. The topological polar surface area (TPSA) is 65.1 Å². The van der Waals surface area contributed by atoms with Crippen molar-refractivity contribution in [2.45, 2.75) is 32.4 Å². The Hall–Kier alpha value is -3.22. The molecule has 2 aliphatic rings. The number of carbonyl (C=O) groups is 2. The van der Waals surface area contributed by atoms with E-state index in [0.29, 0.717) is 19.6 Å². The summed E-state index contributed by atoms with van der Waals surface area (Å²) in [5.74, 6) is 0.755. The Morgan fingerprint density at radius 3 is 2.48 bits per heavy atom. The molecule has 0 saturated carbocycles. The average molecular weight is 423 g/mol. The number of likely N-dealkylation sites (tertiary alicyclic amines) is 1. The minimum Gasteiger partial charge on any atom is -0.497 e. The molecule has 4 amide bonds. The van der Waals surface area contributed by atoms with Crippen LogP contribution in [0.5, 0.6) is 5.75 Å². The van der Waals surface area contributed by atoms with Crippen molar-refractivity contribution in [3.63, 3.8) is 0 Å². The van der Waals surface area contributed by atoms with Gasteiger partial charge in [-0.25, -0.2) is 9.59 Å². The van der Waals surface area contributed by atoms with E-state index in [2.05, 4.69) is 30.4 Å². The van der Waals surface area contributed by atoms with Crippen molar-refractivity contribution in [3.8, 4) is 5.75 Å². The largest absolute Gasteiger partial charge is 0.497 e. The van der Waals surface area contributed by atoms with Crippen molar-refractivity contribution in [2.75, 3.05) is 38.6 Å². The second-order valence-electron chi connectivity index (χ2n) is 8.26. The summed E-state index contributed by atoms with van der Waals surface area (Å²) in [5.41, 5.74) is 3.12. The van der Waals surface area contributed by atoms with Gasteiger partial charge in [-0.05, 0) is 49.6 Å². The lowest BCUT2D eigenvalue weighted by Crippen LogP contribution is -2.49. The van der Waals surface area contributed by atoms with Crippen molar-refractivity contribution in [1.29, 1.82) is 0 Å². The van der Waals surface area contributed by atoms with Crippen LogP contribution in [-0.4, -0.2) is 66.1 Å². The molecule has 2 fully saturated rings. The number of anilines is 1. The molecule has 0 spiro atoms. The Balaban J connectivity index is 1.27. The fourth-order valence-corrected chi connectivity index (χ4v) is 4.38. The number of carbonyl (C=O) groups excluding carboxylic acids is 2. The molecule has 1 N–H and O–H groups in total. The standard InChI is InChI=1S/C24H30N4O3/c1-18-4-3-5-19(16-18)17-27-14-15-28(24(27)30)21-10-12-26(13-11-21)23(29)25-20-6-8-22(31-2)9-7-20/h3-9,16,21H,10-15,17H2,1-2H3,(H,25,29). The Morgan fingerprint density at radius 2 is 1.81 bits per heavy atom. The molecular weight excluding hydrogens is 392 g/mol. The number of hydrogen-bond acceptors (Lipinski definition) is 3. The van der Waals surface area contributed by atoms with Gasteiger partial charge in [-0.1, -0.05) is 29.8 Å². The molecule has 7 nitrogen and oxygen atoms in total. The number of piperidine rings is 1. The smallest absolute Gasteiger partial charge is 0.321 e. The van der Waals surface area contributed by atoms with Gasteiger partial charge in [-0.3, -0.25) is 0 Å². The molecule has 164 valence electrons. The van der Waals surface area contributed by atoms with Gasteiger partial charge in [0.2, 0.25) is 0 Å². The van der Waals surface area contributed by atoms with Gasteiger partial charge in [0.25, 0.3) is 0 Å². The predicted octanol–water partition coefficient (Wildman–Crippen LogP) is 3.94. The summed E-state index contributed by atoms with van der Waals surface area (Å²) in [6.07, 6.45) is 1.61. The predicted molar refractivity (Wildman–Crippen MR) is 120 cm³/mol. The number of amides is 4. The van der Waals surface area contributed by atoms with Crippen molar-refractivity contribution in [2.24, 2.45) is 0 Å². The number of hydrogen-bond donors (Lipinski definition) is 1. The van der Waals surface area contributed by atoms with E-state index in [4.69, 9.17) is 4.74 Å². The van der Waals surface area contributed by atoms with E-state index >= 15 is 0 Å². The lowest BCUT2D eigenvalue weighted by atomic mass is 10.0. The van der Waals surface area contributed by atoms with E-state index in [9.17, 15) is 9.59 Å². The summed E-state index contributed by atoms with van der Waals surface area (Å²) in [5, 5.41) is 2.94. The molecule has 2 aromatic carbocycles. The zero-order valence-corrected chi connectivity index (χ0v) is 18.2. The highest BCUT2D eigenvalue weighted by atomic mass is 16.5. The first-order chi connectivity index (χ1) is 15.0. The van der Waals surface area contributed by atoms with Crippen LogP contribution in [0.15, 0.2) is 48.5 Å². The maximum atomic E-state index is 13.0. The van der Waals surface area contributed by atoms with E-state index in [1.807, 2.05) is 45.0 Å². The molecular formula is C24H30N4O3. The van der Waals surface area contributed by atoms with Crippen LogP contribution < -0.4 is 10.1 Å². The normalized spacial score (nSPS) is 17.2. The van der Waals surface area contributed by atoms with Gasteiger partial charge in [0.1, 0.15) is 5.75 Å². The third-order valence-corrected chi connectivity index (χ3v) is 6.12. The summed E-state index contributed by atoms with van der Waals surface area (Å²) >= 11 is 0. The quantitative estimate of drug-likeness (QED) is 0.794. The molecule has 0 bridgehead atoms. The fraction of sp³-hybridized carbons (Fsp3) is 0.417. The summed E-state index contributed by atoms with van der Waals surface area (Å²) < 4.78 is 5.15. The van der Waals surface area contributed by atoms with Crippen LogP contribution >= 0.6 is 0 Å². The summed E-state index contributed by atoms with van der Waals surface area (Å²) in [6.45, 7) is 5.53. The van der Waals surface area contributed by atoms with E-state index in [1.165, 1.54) is 11.1 Å². The Kier molecular flexibility index (Phi) is 6.30. The van der Waals surface area contributed by atoms with E-state index in [-0.39, 0.29) is 18.1 Å². The zero-order valence-electron chi connectivity index (χ0n) is 18.2. The summed E-state index contributed by atoms with van der Waals surface area (Å²) in [7, 11) is 1.62. The van der Waals surface area contributed by atoms with Crippen molar-refractivity contribution in [1.82, 2.24) is 14.7 Å². The van der Waals surface area contributed by atoms with Crippen LogP contribution in [0.3, 0.4) is 0 Å². The van der Waals surface area contributed by atoms with Gasteiger partial charge in [-0.15, -0.1) is 0 Å². The molecule has 2 aliphatic heterocycles. The molecule has 4 rings (SSSR count). The minimum absolute atomic E-state index is 0.0996. The number of nitrogens with zero attached hydrogens (tertiary/aromatic N) is 3. The zero-order chi connectivity index (χ0) is 21.8. The van der Waals surface area contributed by atoms with E-state index in [0.717, 1.165) is 37.4 Å². The molecule has 2 aromatic rings. The highest BCUT2D eigenvalue weighted by molar-refractivity contribution is 5.89. The highest BCUT2D eigenvalue weighted by Gasteiger charge is 2.36. The van der Waals surface area contributed by atoms with Crippen LogP contribution in [0, 0.1) is 6.92 Å².